The molecule has 0 aliphatic carbocycles. The summed E-state index contributed by atoms with van der Waals surface area (Å²) in [5.74, 6) is 0.418. The Hall–Kier alpha value is -0.420. The summed E-state index contributed by atoms with van der Waals surface area (Å²) in [6, 6.07) is 4.13. The lowest BCUT2D eigenvalue weighted by Crippen LogP contribution is -2.40. The van der Waals surface area contributed by atoms with E-state index < -0.39 is 6.10 Å². The Morgan fingerprint density at radius 3 is 2.61 bits per heavy atom. The highest BCUT2D eigenvalue weighted by atomic mass is 32.1. The molecule has 104 valence electrons. The first-order valence-electron chi connectivity index (χ1n) is 6.62. The molecule has 0 amide bonds. The van der Waals surface area contributed by atoms with Gasteiger partial charge in [0, 0.05) is 10.9 Å². The van der Waals surface area contributed by atoms with Gasteiger partial charge in [-0.15, -0.1) is 11.3 Å². The zero-order valence-electron chi connectivity index (χ0n) is 11.9. The second kappa shape index (κ2) is 7.89. The average Bonchev–Trinajstić information content (AvgIpc) is 2.80. The number of aliphatic hydroxyl groups excluding tert-OH is 1. The first kappa shape index (κ1) is 15.6. The van der Waals surface area contributed by atoms with E-state index in [2.05, 4.69) is 38.2 Å². The fourth-order valence-corrected chi connectivity index (χ4v) is 2.77. The van der Waals surface area contributed by atoms with Crippen molar-refractivity contribution >= 4 is 11.3 Å². The van der Waals surface area contributed by atoms with E-state index in [4.69, 9.17) is 0 Å². The van der Waals surface area contributed by atoms with Crippen LogP contribution in [0.3, 0.4) is 0 Å². The Bertz CT molecular complexity index is 312. The van der Waals surface area contributed by atoms with Gasteiger partial charge in [0.1, 0.15) is 6.10 Å². The van der Waals surface area contributed by atoms with Crippen LogP contribution in [0.25, 0.3) is 0 Å². The molecular formula is C14H26N2OS. The molecule has 0 aliphatic rings. The highest BCUT2D eigenvalue weighted by Gasteiger charge is 2.23. The van der Waals surface area contributed by atoms with E-state index in [1.54, 1.807) is 11.3 Å². The summed E-state index contributed by atoms with van der Waals surface area (Å²) in [6.07, 6.45) is 0.706. The minimum Gasteiger partial charge on any atom is -0.386 e. The summed E-state index contributed by atoms with van der Waals surface area (Å²) in [7, 11) is 4.17. The molecule has 2 unspecified atom stereocenters. The molecule has 1 aromatic heterocycles. The molecule has 0 radical (unpaired) electrons. The predicted octanol–water partition coefficient (Wildman–Crippen LogP) is 2.35. The van der Waals surface area contributed by atoms with E-state index in [0.29, 0.717) is 5.92 Å². The molecule has 0 bridgehead atoms. The Morgan fingerprint density at radius 1 is 1.39 bits per heavy atom. The Morgan fingerprint density at radius 2 is 2.11 bits per heavy atom. The number of aliphatic hydroxyl groups is 1. The van der Waals surface area contributed by atoms with Crippen molar-refractivity contribution in [1.29, 1.82) is 0 Å². The van der Waals surface area contributed by atoms with Crippen molar-refractivity contribution in [2.75, 3.05) is 27.2 Å². The molecule has 4 heteroatoms. The molecule has 2 atom stereocenters. The average molecular weight is 270 g/mol. The molecule has 1 heterocycles. The van der Waals surface area contributed by atoms with Crippen molar-refractivity contribution in [1.82, 2.24) is 10.2 Å². The van der Waals surface area contributed by atoms with E-state index in [9.17, 15) is 5.11 Å². The number of nitrogens with one attached hydrogen (secondary N) is 1. The van der Waals surface area contributed by atoms with Crippen molar-refractivity contribution in [2.45, 2.75) is 32.4 Å². The highest BCUT2D eigenvalue weighted by molar-refractivity contribution is 7.10. The maximum Gasteiger partial charge on any atom is 0.104 e. The molecule has 0 fully saturated rings. The Kier molecular flexibility index (Phi) is 6.86. The maximum atomic E-state index is 10.4. The largest absolute Gasteiger partial charge is 0.386 e. The molecule has 0 saturated carbocycles. The lowest BCUT2D eigenvalue weighted by atomic mass is 9.97. The quantitative estimate of drug-likeness (QED) is 0.712. The minimum atomic E-state index is -0.399. The molecule has 18 heavy (non-hydrogen) atoms. The molecule has 0 aliphatic heterocycles. The smallest absolute Gasteiger partial charge is 0.104 e. The van der Waals surface area contributed by atoms with Crippen LogP contribution in [-0.2, 0) is 0 Å². The number of rotatable bonds is 8. The summed E-state index contributed by atoms with van der Waals surface area (Å²) in [5, 5.41) is 15.9. The summed E-state index contributed by atoms with van der Waals surface area (Å²) in [5.41, 5.74) is 0. The van der Waals surface area contributed by atoms with Gasteiger partial charge in [0.2, 0.25) is 0 Å². The van der Waals surface area contributed by atoms with Crippen LogP contribution in [0.5, 0.6) is 0 Å². The van der Waals surface area contributed by atoms with Crippen molar-refractivity contribution < 1.29 is 5.11 Å². The zero-order chi connectivity index (χ0) is 13.5. The van der Waals surface area contributed by atoms with Gasteiger partial charge in [0.15, 0.2) is 0 Å². The molecule has 1 aromatic rings. The molecule has 3 nitrogen and oxygen atoms in total. The van der Waals surface area contributed by atoms with Crippen molar-refractivity contribution in [2.24, 2.45) is 5.92 Å². The fraction of sp³-hybridized carbons (Fsp3) is 0.714. The molecular weight excluding hydrogens is 244 g/mol. The Labute approximate surface area is 115 Å². The van der Waals surface area contributed by atoms with Gasteiger partial charge >= 0.3 is 0 Å². The summed E-state index contributed by atoms with van der Waals surface area (Å²) in [6.45, 7) is 6.33. The van der Waals surface area contributed by atoms with E-state index in [0.717, 1.165) is 24.4 Å². The van der Waals surface area contributed by atoms with Crippen LogP contribution in [0.4, 0.5) is 0 Å². The van der Waals surface area contributed by atoms with Crippen LogP contribution >= 0.6 is 11.3 Å². The topological polar surface area (TPSA) is 35.5 Å². The maximum absolute atomic E-state index is 10.4. The SMILES string of the molecule is CC(C)C(NCCCN(C)C)C(O)c1cccs1. The van der Waals surface area contributed by atoms with Gasteiger partial charge in [-0.2, -0.15) is 0 Å². The number of hydrogen-bond donors (Lipinski definition) is 2. The van der Waals surface area contributed by atoms with E-state index in [-0.39, 0.29) is 6.04 Å². The molecule has 0 spiro atoms. The highest BCUT2D eigenvalue weighted by Crippen LogP contribution is 2.25. The van der Waals surface area contributed by atoms with Gasteiger partial charge in [-0.3, -0.25) is 0 Å². The fourth-order valence-electron chi connectivity index (χ4n) is 2.01. The second-order valence-electron chi connectivity index (χ2n) is 5.34. The van der Waals surface area contributed by atoms with Gasteiger partial charge in [0.25, 0.3) is 0 Å². The van der Waals surface area contributed by atoms with Gasteiger partial charge in [-0.25, -0.2) is 0 Å². The van der Waals surface area contributed by atoms with Gasteiger partial charge < -0.3 is 15.3 Å². The monoisotopic (exact) mass is 270 g/mol. The van der Waals surface area contributed by atoms with Crippen molar-refractivity contribution in [3.63, 3.8) is 0 Å². The van der Waals surface area contributed by atoms with E-state index in [1.165, 1.54) is 0 Å². The molecule has 0 aromatic carbocycles. The normalized spacial score (nSPS) is 15.3. The summed E-state index contributed by atoms with van der Waals surface area (Å²) >= 11 is 1.62. The van der Waals surface area contributed by atoms with Crippen molar-refractivity contribution in [3.05, 3.63) is 22.4 Å². The third-order valence-electron chi connectivity index (χ3n) is 3.06. The second-order valence-corrected chi connectivity index (χ2v) is 6.32. The van der Waals surface area contributed by atoms with Crippen LogP contribution in [0.15, 0.2) is 17.5 Å². The number of hydrogen-bond acceptors (Lipinski definition) is 4. The van der Waals surface area contributed by atoms with Gasteiger partial charge in [-0.1, -0.05) is 19.9 Å². The van der Waals surface area contributed by atoms with Crippen LogP contribution < -0.4 is 5.32 Å². The van der Waals surface area contributed by atoms with E-state index in [1.807, 2.05) is 17.5 Å². The first-order valence-corrected chi connectivity index (χ1v) is 7.50. The Balaban J connectivity index is 2.45. The number of thiophene rings is 1. The van der Waals surface area contributed by atoms with E-state index >= 15 is 0 Å². The van der Waals surface area contributed by atoms with Gasteiger partial charge in [-0.05, 0) is 51.0 Å². The lowest BCUT2D eigenvalue weighted by molar-refractivity contribution is 0.108. The van der Waals surface area contributed by atoms with Crippen LogP contribution in [0, 0.1) is 5.92 Å². The van der Waals surface area contributed by atoms with Crippen LogP contribution in [0.2, 0.25) is 0 Å². The zero-order valence-corrected chi connectivity index (χ0v) is 12.7. The summed E-state index contributed by atoms with van der Waals surface area (Å²) in [4.78, 5) is 3.23. The minimum absolute atomic E-state index is 0.130. The van der Waals surface area contributed by atoms with Gasteiger partial charge in [0.05, 0.1) is 0 Å². The molecule has 1 rings (SSSR count). The van der Waals surface area contributed by atoms with Crippen LogP contribution in [0.1, 0.15) is 31.2 Å². The van der Waals surface area contributed by atoms with Crippen molar-refractivity contribution in [3.8, 4) is 0 Å². The molecule has 2 N–H and O–H groups in total. The van der Waals surface area contributed by atoms with Crippen LogP contribution in [-0.4, -0.2) is 43.2 Å². The third kappa shape index (κ3) is 5.06. The first-order chi connectivity index (χ1) is 8.52. The predicted molar refractivity (Wildman–Crippen MR) is 79.1 cm³/mol. The third-order valence-corrected chi connectivity index (χ3v) is 4.00. The lowest BCUT2D eigenvalue weighted by Gasteiger charge is -2.27. The summed E-state index contributed by atoms with van der Waals surface area (Å²) < 4.78 is 0. The standard InChI is InChI=1S/C14H26N2OS/c1-11(2)13(15-8-6-9-16(3)4)14(17)12-7-5-10-18-12/h5,7,10-11,13-15,17H,6,8-9H2,1-4H3. The molecule has 0 saturated heterocycles. The number of nitrogens with zero attached hydrogens (tertiary/aromatic N) is 1.